The first-order valence-corrected chi connectivity index (χ1v) is 6.92. The zero-order valence-electron chi connectivity index (χ0n) is 11.7. The Labute approximate surface area is 117 Å². The molecule has 2 unspecified atom stereocenters. The van der Waals surface area contributed by atoms with E-state index in [0.717, 1.165) is 31.4 Å². The minimum atomic E-state index is -0.860. The van der Waals surface area contributed by atoms with E-state index >= 15 is 0 Å². The van der Waals surface area contributed by atoms with E-state index in [0.29, 0.717) is 11.8 Å². The molecule has 3 N–H and O–H groups in total. The summed E-state index contributed by atoms with van der Waals surface area (Å²) >= 11 is 0. The molecule has 110 valence electrons. The molecule has 5 heteroatoms. The number of benzene rings is 1. The van der Waals surface area contributed by atoms with Gasteiger partial charge in [-0.25, -0.2) is 8.78 Å². The third-order valence-corrected chi connectivity index (χ3v) is 3.82. The standard InChI is InChI=1S/C15H20F2N2O/c1-8-3-9(2)5-11(4-8)19-15(20)12-6-10(16)7-13(18)14(12)17/h6-9,11H,3-5,18H2,1-2H3,(H,19,20). The molecule has 0 bridgehead atoms. The van der Waals surface area contributed by atoms with E-state index in [2.05, 4.69) is 19.2 Å². The van der Waals surface area contributed by atoms with Crippen LogP contribution in [0.2, 0.25) is 0 Å². The van der Waals surface area contributed by atoms with Crippen molar-refractivity contribution in [3.05, 3.63) is 29.3 Å². The van der Waals surface area contributed by atoms with Crippen molar-refractivity contribution in [3.63, 3.8) is 0 Å². The molecular formula is C15H20F2N2O. The van der Waals surface area contributed by atoms with Crippen LogP contribution in [-0.4, -0.2) is 11.9 Å². The molecule has 1 fully saturated rings. The molecule has 1 aromatic carbocycles. The zero-order valence-corrected chi connectivity index (χ0v) is 11.7. The summed E-state index contributed by atoms with van der Waals surface area (Å²) in [6.45, 7) is 4.27. The summed E-state index contributed by atoms with van der Waals surface area (Å²) in [4.78, 5) is 12.1. The van der Waals surface area contributed by atoms with Crippen LogP contribution in [0.15, 0.2) is 12.1 Å². The number of halogens is 2. The number of carbonyl (C=O) groups excluding carboxylic acids is 1. The monoisotopic (exact) mass is 282 g/mol. The highest BCUT2D eigenvalue weighted by Gasteiger charge is 2.26. The average Bonchev–Trinajstić information content (AvgIpc) is 2.32. The van der Waals surface area contributed by atoms with Crippen LogP contribution < -0.4 is 11.1 Å². The van der Waals surface area contributed by atoms with Gasteiger partial charge in [0.05, 0.1) is 11.3 Å². The normalized spacial score (nSPS) is 26.3. The van der Waals surface area contributed by atoms with Crippen molar-refractivity contribution >= 4 is 11.6 Å². The Morgan fingerprint density at radius 2 is 1.80 bits per heavy atom. The average molecular weight is 282 g/mol. The maximum absolute atomic E-state index is 13.8. The fraction of sp³-hybridized carbons (Fsp3) is 0.533. The summed E-state index contributed by atoms with van der Waals surface area (Å²) in [7, 11) is 0. The van der Waals surface area contributed by atoms with E-state index in [1.165, 1.54) is 0 Å². The van der Waals surface area contributed by atoms with Crippen LogP contribution in [0, 0.1) is 23.5 Å². The quantitative estimate of drug-likeness (QED) is 0.819. The Hall–Kier alpha value is -1.65. The SMILES string of the molecule is CC1CC(C)CC(NC(=O)c2cc(F)cc(N)c2F)C1. The number of anilines is 1. The lowest BCUT2D eigenvalue weighted by Crippen LogP contribution is -2.40. The number of nitrogen functional groups attached to an aromatic ring is 1. The van der Waals surface area contributed by atoms with Gasteiger partial charge >= 0.3 is 0 Å². The highest BCUT2D eigenvalue weighted by molar-refractivity contribution is 5.95. The van der Waals surface area contributed by atoms with E-state index < -0.39 is 17.5 Å². The Balaban J connectivity index is 2.12. The van der Waals surface area contributed by atoms with Gasteiger partial charge in [0.25, 0.3) is 5.91 Å². The van der Waals surface area contributed by atoms with Crippen molar-refractivity contribution in [3.8, 4) is 0 Å². The predicted molar refractivity (Wildman–Crippen MR) is 74.2 cm³/mol. The number of rotatable bonds is 2. The van der Waals surface area contributed by atoms with Gasteiger partial charge in [0.1, 0.15) is 5.82 Å². The largest absolute Gasteiger partial charge is 0.396 e. The molecule has 3 nitrogen and oxygen atoms in total. The van der Waals surface area contributed by atoms with Crippen LogP contribution in [0.5, 0.6) is 0 Å². The summed E-state index contributed by atoms with van der Waals surface area (Å²) < 4.78 is 27.0. The molecule has 1 aliphatic rings. The maximum Gasteiger partial charge on any atom is 0.254 e. The number of amides is 1. The molecule has 2 rings (SSSR count). The van der Waals surface area contributed by atoms with Gasteiger partial charge in [-0.1, -0.05) is 13.8 Å². The molecule has 1 saturated carbocycles. The number of nitrogens with one attached hydrogen (secondary N) is 1. The molecule has 1 aromatic rings. The first-order valence-electron chi connectivity index (χ1n) is 6.92. The van der Waals surface area contributed by atoms with Gasteiger partial charge in [-0.05, 0) is 43.2 Å². The molecule has 0 spiro atoms. The molecule has 1 amide bonds. The van der Waals surface area contributed by atoms with Gasteiger partial charge in [-0.2, -0.15) is 0 Å². The number of hydrogen-bond donors (Lipinski definition) is 2. The Morgan fingerprint density at radius 1 is 1.20 bits per heavy atom. The van der Waals surface area contributed by atoms with Crippen LogP contribution in [0.4, 0.5) is 14.5 Å². The first-order chi connectivity index (χ1) is 9.36. The minimum absolute atomic E-state index is 0.00476. The summed E-state index contributed by atoms with van der Waals surface area (Å²) in [5, 5.41) is 2.79. The first kappa shape index (κ1) is 14.8. The van der Waals surface area contributed by atoms with Gasteiger partial charge in [0.2, 0.25) is 0 Å². The molecule has 0 aliphatic heterocycles. The Kier molecular flexibility index (Phi) is 4.26. The molecule has 2 atom stereocenters. The molecule has 0 aromatic heterocycles. The van der Waals surface area contributed by atoms with Crippen molar-refractivity contribution in [1.29, 1.82) is 0 Å². The summed E-state index contributed by atoms with van der Waals surface area (Å²) in [6.07, 6.45) is 2.86. The van der Waals surface area contributed by atoms with Gasteiger partial charge in [0, 0.05) is 6.04 Å². The van der Waals surface area contributed by atoms with Crippen molar-refractivity contribution in [1.82, 2.24) is 5.32 Å². The van der Waals surface area contributed by atoms with Gasteiger partial charge in [-0.15, -0.1) is 0 Å². The van der Waals surface area contributed by atoms with E-state index in [-0.39, 0.29) is 17.3 Å². The van der Waals surface area contributed by atoms with E-state index in [4.69, 9.17) is 5.73 Å². The van der Waals surface area contributed by atoms with Crippen LogP contribution in [0.3, 0.4) is 0 Å². The fourth-order valence-electron chi connectivity index (χ4n) is 3.10. The van der Waals surface area contributed by atoms with Crippen LogP contribution in [0.25, 0.3) is 0 Å². The lowest BCUT2D eigenvalue weighted by molar-refractivity contribution is 0.0906. The highest BCUT2D eigenvalue weighted by atomic mass is 19.1. The third-order valence-electron chi connectivity index (χ3n) is 3.82. The lowest BCUT2D eigenvalue weighted by atomic mass is 9.80. The number of carbonyl (C=O) groups is 1. The Morgan fingerprint density at radius 3 is 2.40 bits per heavy atom. The molecule has 0 saturated heterocycles. The van der Waals surface area contributed by atoms with Gasteiger partial charge < -0.3 is 11.1 Å². The maximum atomic E-state index is 13.8. The number of nitrogens with two attached hydrogens (primary N) is 1. The van der Waals surface area contributed by atoms with Crippen molar-refractivity contribution in [2.24, 2.45) is 11.8 Å². The van der Waals surface area contributed by atoms with Crippen molar-refractivity contribution in [2.45, 2.75) is 39.2 Å². The molecule has 20 heavy (non-hydrogen) atoms. The third kappa shape index (κ3) is 3.26. The summed E-state index contributed by atoms with van der Waals surface area (Å²) in [5.74, 6) is -1.13. The topological polar surface area (TPSA) is 55.1 Å². The summed E-state index contributed by atoms with van der Waals surface area (Å²) in [6, 6.07) is 1.76. The van der Waals surface area contributed by atoms with E-state index in [9.17, 15) is 13.6 Å². The molecule has 0 heterocycles. The number of hydrogen-bond acceptors (Lipinski definition) is 2. The molecule has 1 aliphatic carbocycles. The minimum Gasteiger partial charge on any atom is -0.396 e. The molecular weight excluding hydrogens is 262 g/mol. The summed E-state index contributed by atoms with van der Waals surface area (Å²) in [5.41, 5.74) is 4.67. The van der Waals surface area contributed by atoms with Crippen LogP contribution >= 0.6 is 0 Å². The zero-order chi connectivity index (χ0) is 14.9. The van der Waals surface area contributed by atoms with E-state index in [1.54, 1.807) is 0 Å². The predicted octanol–water partition coefficient (Wildman–Crippen LogP) is 3.10. The van der Waals surface area contributed by atoms with E-state index in [1.807, 2.05) is 0 Å². The second-order valence-electron chi connectivity index (χ2n) is 5.94. The van der Waals surface area contributed by atoms with Gasteiger partial charge in [-0.3, -0.25) is 4.79 Å². The smallest absolute Gasteiger partial charge is 0.254 e. The second kappa shape index (κ2) is 5.77. The van der Waals surface area contributed by atoms with Crippen LogP contribution in [0.1, 0.15) is 43.5 Å². The van der Waals surface area contributed by atoms with Gasteiger partial charge in [0.15, 0.2) is 5.82 Å². The lowest BCUT2D eigenvalue weighted by Gasteiger charge is -2.32. The highest BCUT2D eigenvalue weighted by Crippen LogP contribution is 2.29. The Bertz CT molecular complexity index is 509. The fourth-order valence-corrected chi connectivity index (χ4v) is 3.10. The van der Waals surface area contributed by atoms with Crippen molar-refractivity contribution < 1.29 is 13.6 Å². The van der Waals surface area contributed by atoms with Crippen molar-refractivity contribution in [2.75, 3.05) is 5.73 Å². The molecule has 0 radical (unpaired) electrons. The van der Waals surface area contributed by atoms with Crippen LogP contribution in [-0.2, 0) is 0 Å². The second-order valence-corrected chi connectivity index (χ2v) is 5.94.